The molecule has 4 rings (SSSR count). The lowest BCUT2D eigenvalue weighted by atomic mass is 10.1. The number of carbonyl (C=O) groups is 1. The molecule has 0 aliphatic rings. The van der Waals surface area contributed by atoms with Crippen LogP contribution >= 0.6 is 11.6 Å². The second-order valence-corrected chi connectivity index (χ2v) is 5.97. The van der Waals surface area contributed by atoms with E-state index < -0.39 is 0 Å². The van der Waals surface area contributed by atoms with Crippen molar-refractivity contribution in [2.24, 2.45) is 0 Å². The van der Waals surface area contributed by atoms with E-state index in [0.717, 1.165) is 16.8 Å². The van der Waals surface area contributed by atoms with Gasteiger partial charge < -0.3 is 10.3 Å². The summed E-state index contributed by atoms with van der Waals surface area (Å²) >= 11 is 6.01. The monoisotopic (exact) mass is 348 g/mol. The summed E-state index contributed by atoms with van der Waals surface area (Å²) in [5.74, 6) is -0.0962. The highest BCUT2D eigenvalue weighted by Gasteiger charge is 2.15. The molecule has 3 heterocycles. The van der Waals surface area contributed by atoms with Crippen molar-refractivity contribution < 1.29 is 4.79 Å². The molecule has 25 heavy (non-hydrogen) atoms. The Bertz CT molecular complexity index is 1060. The van der Waals surface area contributed by atoms with Gasteiger partial charge in [0.05, 0.1) is 11.9 Å². The van der Waals surface area contributed by atoms with E-state index in [1.807, 2.05) is 30.3 Å². The van der Waals surface area contributed by atoms with Gasteiger partial charge in [-0.25, -0.2) is 4.98 Å². The lowest BCUT2D eigenvalue weighted by Gasteiger charge is -2.07. The van der Waals surface area contributed by atoms with Crippen molar-refractivity contribution >= 4 is 39.8 Å². The first-order chi connectivity index (χ1) is 12.2. The number of fused-ring (bicyclic) bond motifs is 1. The van der Waals surface area contributed by atoms with E-state index in [1.165, 1.54) is 0 Å². The minimum absolute atomic E-state index is 0.0962. The van der Waals surface area contributed by atoms with Crippen LogP contribution in [-0.2, 0) is 0 Å². The second kappa shape index (κ2) is 6.37. The first-order valence-corrected chi connectivity index (χ1v) is 8.03. The van der Waals surface area contributed by atoms with Crippen LogP contribution in [0.15, 0.2) is 67.3 Å². The number of ketones is 1. The normalized spacial score (nSPS) is 10.8. The SMILES string of the molecule is O=C(c1cccnc1)c1c[nH]c2ncc(Nc3cccc(Cl)c3)cc12. The number of rotatable bonds is 4. The maximum Gasteiger partial charge on any atom is 0.196 e. The van der Waals surface area contributed by atoms with Gasteiger partial charge in [0.15, 0.2) is 5.78 Å². The van der Waals surface area contributed by atoms with Crippen LogP contribution in [-0.4, -0.2) is 20.7 Å². The van der Waals surface area contributed by atoms with Crippen LogP contribution in [0.1, 0.15) is 15.9 Å². The minimum atomic E-state index is -0.0962. The Labute approximate surface area is 148 Å². The fourth-order valence-electron chi connectivity index (χ4n) is 2.65. The van der Waals surface area contributed by atoms with E-state index in [0.29, 0.717) is 21.8 Å². The standard InChI is InChI=1S/C19H13ClN4O/c20-13-4-1-5-14(7-13)24-15-8-16-17(11-23-19(16)22-10-15)18(25)12-3-2-6-21-9-12/h1-11,24H,(H,22,23). The van der Waals surface area contributed by atoms with Gasteiger partial charge >= 0.3 is 0 Å². The third-order valence-electron chi connectivity index (χ3n) is 3.81. The van der Waals surface area contributed by atoms with Gasteiger partial charge in [-0.2, -0.15) is 0 Å². The van der Waals surface area contributed by atoms with Crippen LogP contribution in [0.2, 0.25) is 5.02 Å². The molecule has 1 aromatic carbocycles. The molecule has 0 amide bonds. The van der Waals surface area contributed by atoms with Crippen molar-refractivity contribution in [3.63, 3.8) is 0 Å². The molecule has 2 N–H and O–H groups in total. The summed E-state index contributed by atoms with van der Waals surface area (Å²) in [4.78, 5) is 24.1. The van der Waals surface area contributed by atoms with Crippen molar-refractivity contribution in [1.29, 1.82) is 0 Å². The topological polar surface area (TPSA) is 70.7 Å². The molecule has 5 nitrogen and oxygen atoms in total. The van der Waals surface area contributed by atoms with Gasteiger partial charge in [-0.1, -0.05) is 17.7 Å². The van der Waals surface area contributed by atoms with Gasteiger partial charge in [-0.3, -0.25) is 9.78 Å². The van der Waals surface area contributed by atoms with E-state index in [2.05, 4.69) is 20.3 Å². The van der Waals surface area contributed by atoms with E-state index in [9.17, 15) is 4.79 Å². The number of pyridine rings is 2. The van der Waals surface area contributed by atoms with Crippen LogP contribution in [0.4, 0.5) is 11.4 Å². The number of hydrogen-bond acceptors (Lipinski definition) is 4. The number of carbonyl (C=O) groups excluding carboxylic acids is 1. The molecule has 0 saturated heterocycles. The van der Waals surface area contributed by atoms with Gasteiger partial charge in [0.1, 0.15) is 5.65 Å². The molecule has 122 valence electrons. The largest absolute Gasteiger partial charge is 0.354 e. The molecule has 0 unspecified atom stereocenters. The molecule has 0 atom stereocenters. The first-order valence-electron chi connectivity index (χ1n) is 7.65. The maximum absolute atomic E-state index is 12.7. The number of halogens is 1. The minimum Gasteiger partial charge on any atom is -0.354 e. The number of nitrogens with zero attached hydrogens (tertiary/aromatic N) is 2. The molecule has 0 fully saturated rings. The fraction of sp³-hybridized carbons (Fsp3) is 0. The third kappa shape index (κ3) is 3.09. The summed E-state index contributed by atoms with van der Waals surface area (Å²) in [6.45, 7) is 0. The fourth-order valence-corrected chi connectivity index (χ4v) is 2.84. The lowest BCUT2D eigenvalue weighted by Crippen LogP contribution is -2.01. The molecular weight excluding hydrogens is 336 g/mol. The van der Waals surface area contributed by atoms with Gasteiger partial charge in [-0.15, -0.1) is 0 Å². The highest BCUT2D eigenvalue weighted by atomic mass is 35.5. The van der Waals surface area contributed by atoms with Crippen molar-refractivity contribution in [3.05, 3.63) is 83.4 Å². The molecule has 6 heteroatoms. The average Bonchev–Trinajstić information content (AvgIpc) is 3.05. The van der Waals surface area contributed by atoms with E-state index in [1.54, 1.807) is 36.9 Å². The predicted octanol–water partition coefficient (Wildman–Crippen LogP) is 4.59. The van der Waals surface area contributed by atoms with Crippen LogP contribution in [0, 0.1) is 0 Å². The van der Waals surface area contributed by atoms with E-state index >= 15 is 0 Å². The summed E-state index contributed by atoms with van der Waals surface area (Å²) in [5, 5.41) is 4.65. The number of nitrogens with one attached hydrogen (secondary N) is 2. The van der Waals surface area contributed by atoms with E-state index in [-0.39, 0.29) is 5.78 Å². The summed E-state index contributed by atoms with van der Waals surface area (Å²) < 4.78 is 0. The summed E-state index contributed by atoms with van der Waals surface area (Å²) in [7, 11) is 0. The van der Waals surface area contributed by atoms with E-state index in [4.69, 9.17) is 11.6 Å². The molecule has 0 radical (unpaired) electrons. The number of aromatic amines is 1. The molecular formula is C19H13ClN4O. The third-order valence-corrected chi connectivity index (χ3v) is 4.05. The number of aromatic nitrogens is 3. The van der Waals surface area contributed by atoms with Gasteiger partial charge in [0.2, 0.25) is 0 Å². The first kappa shape index (κ1) is 15.4. The number of benzene rings is 1. The Morgan fingerprint density at radius 2 is 2.00 bits per heavy atom. The predicted molar refractivity (Wildman–Crippen MR) is 98.5 cm³/mol. The molecule has 0 bridgehead atoms. The van der Waals surface area contributed by atoms with Crippen molar-refractivity contribution in [3.8, 4) is 0 Å². The smallest absolute Gasteiger partial charge is 0.196 e. The zero-order valence-electron chi connectivity index (χ0n) is 13.0. The highest BCUT2D eigenvalue weighted by Crippen LogP contribution is 2.25. The Balaban J connectivity index is 1.71. The number of hydrogen-bond donors (Lipinski definition) is 2. The maximum atomic E-state index is 12.7. The molecule has 0 saturated carbocycles. The van der Waals surface area contributed by atoms with Crippen molar-refractivity contribution in [2.75, 3.05) is 5.32 Å². The van der Waals surface area contributed by atoms with Crippen LogP contribution in [0.25, 0.3) is 11.0 Å². The highest BCUT2D eigenvalue weighted by molar-refractivity contribution is 6.30. The summed E-state index contributed by atoms with van der Waals surface area (Å²) in [6, 6.07) is 12.8. The zero-order chi connectivity index (χ0) is 17.2. The molecule has 0 spiro atoms. The Kier molecular flexibility index (Phi) is 3.91. The van der Waals surface area contributed by atoms with Crippen LogP contribution in [0.5, 0.6) is 0 Å². The molecule has 3 aromatic heterocycles. The summed E-state index contributed by atoms with van der Waals surface area (Å²) in [6.07, 6.45) is 6.58. The van der Waals surface area contributed by atoms with Crippen molar-refractivity contribution in [2.45, 2.75) is 0 Å². The van der Waals surface area contributed by atoms with Gasteiger partial charge in [0, 0.05) is 45.8 Å². The second-order valence-electron chi connectivity index (χ2n) is 5.53. The van der Waals surface area contributed by atoms with Crippen molar-refractivity contribution in [1.82, 2.24) is 15.0 Å². The van der Waals surface area contributed by atoms with Crippen LogP contribution < -0.4 is 5.32 Å². The molecule has 0 aliphatic heterocycles. The quantitative estimate of drug-likeness (QED) is 0.529. The average molecular weight is 349 g/mol. The Morgan fingerprint density at radius 3 is 2.80 bits per heavy atom. The molecule has 4 aromatic rings. The Morgan fingerprint density at radius 1 is 1.08 bits per heavy atom. The summed E-state index contributed by atoms with van der Waals surface area (Å²) in [5.41, 5.74) is 3.38. The molecule has 0 aliphatic carbocycles. The number of anilines is 2. The number of H-pyrrole nitrogens is 1. The Hall–Kier alpha value is -3.18. The van der Waals surface area contributed by atoms with Gasteiger partial charge in [-0.05, 0) is 36.4 Å². The van der Waals surface area contributed by atoms with Gasteiger partial charge in [0.25, 0.3) is 0 Å². The lowest BCUT2D eigenvalue weighted by molar-refractivity contribution is 0.104. The van der Waals surface area contributed by atoms with Crippen LogP contribution in [0.3, 0.4) is 0 Å². The zero-order valence-corrected chi connectivity index (χ0v) is 13.8.